The number of rotatable bonds is 10. The lowest BCUT2D eigenvalue weighted by Crippen LogP contribution is -2.36. The minimum absolute atomic E-state index is 0.0496. The standard InChI is InChI=1S/C25H36N2O3/c1-26(2,3)13-7-15-29-19-9-11-21-22-12-10-20(30-16-8-14-27(4,5)6)18-24(22)25(28)23(21)17-19/h9-12,17-18H,7-8,13-16H2,1-6H3/q+2. The highest BCUT2D eigenvalue weighted by Gasteiger charge is 2.27. The Labute approximate surface area is 181 Å². The summed E-state index contributed by atoms with van der Waals surface area (Å²) in [5.74, 6) is 1.56. The first kappa shape index (κ1) is 22.3. The quantitative estimate of drug-likeness (QED) is 0.375. The zero-order valence-electron chi connectivity index (χ0n) is 19.3. The lowest BCUT2D eigenvalue weighted by molar-refractivity contribution is -0.870. The van der Waals surface area contributed by atoms with E-state index < -0.39 is 0 Å². The summed E-state index contributed by atoms with van der Waals surface area (Å²) in [5.41, 5.74) is 3.39. The van der Waals surface area contributed by atoms with Crippen molar-refractivity contribution in [3.8, 4) is 22.6 Å². The minimum atomic E-state index is 0.0496. The number of nitrogens with zero attached hydrogens (tertiary/aromatic N) is 2. The molecule has 1 aliphatic rings. The second-order valence-electron chi connectivity index (χ2n) is 10.2. The molecular weight excluding hydrogens is 376 g/mol. The summed E-state index contributed by atoms with van der Waals surface area (Å²) in [6.07, 6.45) is 1.95. The van der Waals surface area contributed by atoms with Gasteiger partial charge in [0.25, 0.3) is 0 Å². The van der Waals surface area contributed by atoms with E-state index >= 15 is 0 Å². The van der Waals surface area contributed by atoms with Crippen LogP contribution in [-0.4, -0.2) is 83.3 Å². The van der Waals surface area contributed by atoms with E-state index in [1.807, 2.05) is 36.4 Å². The molecule has 2 aromatic carbocycles. The second kappa shape index (κ2) is 8.78. The van der Waals surface area contributed by atoms with Crippen LogP contribution in [0.3, 0.4) is 0 Å². The molecule has 30 heavy (non-hydrogen) atoms. The van der Waals surface area contributed by atoms with Crippen molar-refractivity contribution >= 4 is 5.78 Å². The van der Waals surface area contributed by atoms with Gasteiger partial charge in [0.05, 0.1) is 68.6 Å². The Bertz CT molecular complexity index is 834. The zero-order valence-corrected chi connectivity index (χ0v) is 19.3. The second-order valence-corrected chi connectivity index (χ2v) is 10.2. The predicted molar refractivity (Wildman–Crippen MR) is 121 cm³/mol. The molecule has 1 aliphatic carbocycles. The lowest BCUT2D eigenvalue weighted by Gasteiger charge is -2.23. The van der Waals surface area contributed by atoms with E-state index in [9.17, 15) is 4.79 Å². The van der Waals surface area contributed by atoms with Crippen LogP contribution in [0, 0.1) is 0 Å². The number of carbonyl (C=O) groups is 1. The van der Waals surface area contributed by atoms with E-state index in [1.54, 1.807) is 0 Å². The predicted octanol–water partition coefficient (Wildman–Crippen LogP) is 3.85. The van der Waals surface area contributed by atoms with Crippen molar-refractivity contribution in [1.29, 1.82) is 0 Å². The van der Waals surface area contributed by atoms with Crippen LogP contribution < -0.4 is 9.47 Å². The molecule has 0 aliphatic heterocycles. The van der Waals surface area contributed by atoms with Crippen LogP contribution in [0.5, 0.6) is 11.5 Å². The van der Waals surface area contributed by atoms with Crippen LogP contribution in [0.15, 0.2) is 36.4 Å². The van der Waals surface area contributed by atoms with Gasteiger partial charge in [-0.3, -0.25) is 4.79 Å². The largest absolute Gasteiger partial charge is 0.493 e. The summed E-state index contributed by atoms with van der Waals surface area (Å²) in [6.45, 7) is 3.40. The van der Waals surface area contributed by atoms with Gasteiger partial charge in [0.1, 0.15) is 11.5 Å². The number of ketones is 1. The number of carbonyl (C=O) groups excluding carboxylic acids is 1. The van der Waals surface area contributed by atoms with E-state index in [1.165, 1.54) is 0 Å². The molecule has 0 spiro atoms. The van der Waals surface area contributed by atoms with Gasteiger partial charge >= 0.3 is 0 Å². The zero-order chi connectivity index (χ0) is 21.9. The molecule has 0 saturated carbocycles. The molecule has 2 aromatic rings. The van der Waals surface area contributed by atoms with Crippen molar-refractivity contribution in [1.82, 2.24) is 0 Å². The summed E-state index contributed by atoms with van der Waals surface area (Å²) >= 11 is 0. The molecule has 0 radical (unpaired) electrons. The molecule has 0 saturated heterocycles. The average Bonchev–Trinajstić information content (AvgIpc) is 2.93. The van der Waals surface area contributed by atoms with Crippen molar-refractivity contribution in [2.24, 2.45) is 0 Å². The molecule has 0 heterocycles. The third-order valence-corrected chi connectivity index (χ3v) is 5.25. The Balaban J connectivity index is 1.63. The van der Waals surface area contributed by atoms with Gasteiger partial charge in [-0.2, -0.15) is 0 Å². The molecule has 5 nitrogen and oxygen atoms in total. The van der Waals surface area contributed by atoms with Gasteiger partial charge in [-0.1, -0.05) is 0 Å². The summed E-state index contributed by atoms with van der Waals surface area (Å²) in [5, 5.41) is 0. The number of ether oxygens (including phenoxy) is 2. The third-order valence-electron chi connectivity index (χ3n) is 5.25. The van der Waals surface area contributed by atoms with Crippen LogP contribution in [0.4, 0.5) is 0 Å². The number of hydrogen-bond acceptors (Lipinski definition) is 3. The van der Waals surface area contributed by atoms with E-state index in [2.05, 4.69) is 42.3 Å². The number of hydrogen-bond donors (Lipinski definition) is 0. The monoisotopic (exact) mass is 412 g/mol. The van der Waals surface area contributed by atoms with Gasteiger partial charge in [-0.25, -0.2) is 0 Å². The topological polar surface area (TPSA) is 35.5 Å². The van der Waals surface area contributed by atoms with Crippen LogP contribution >= 0.6 is 0 Å². The van der Waals surface area contributed by atoms with Crippen molar-refractivity contribution in [3.63, 3.8) is 0 Å². The molecule has 5 heteroatoms. The van der Waals surface area contributed by atoms with Crippen molar-refractivity contribution < 1.29 is 23.2 Å². The summed E-state index contributed by atoms with van der Waals surface area (Å²) < 4.78 is 13.6. The smallest absolute Gasteiger partial charge is 0.194 e. The SMILES string of the molecule is C[N+](C)(C)CCCOc1ccc2c(c1)C(=O)c1cc(OCCC[N+](C)(C)C)ccc1-2. The number of fused-ring (bicyclic) bond motifs is 3. The number of benzene rings is 2. The van der Waals surface area contributed by atoms with Crippen molar-refractivity contribution in [3.05, 3.63) is 47.5 Å². The van der Waals surface area contributed by atoms with Gasteiger partial charge in [0.2, 0.25) is 0 Å². The highest BCUT2D eigenvalue weighted by atomic mass is 16.5. The first-order valence-corrected chi connectivity index (χ1v) is 10.7. The minimum Gasteiger partial charge on any atom is -0.493 e. The highest BCUT2D eigenvalue weighted by molar-refractivity contribution is 6.22. The third kappa shape index (κ3) is 5.83. The maximum Gasteiger partial charge on any atom is 0.194 e. The molecule has 0 amide bonds. The van der Waals surface area contributed by atoms with Crippen LogP contribution in [0.1, 0.15) is 28.8 Å². The molecule has 0 atom stereocenters. The summed E-state index contributed by atoms with van der Waals surface area (Å²) in [4.78, 5) is 13.0. The Morgan fingerprint density at radius 2 is 1.03 bits per heavy atom. The van der Waals surface area contributed by atoms with Gasteiger partial charge in [0.15, 0.2) is 5.78 Å². The normalized spacial score (nSPS) is 13.2. The molecule has 0 aromatic heterocycles. The summed E-state index contributed by atoms with van der Waals surface area (Å²) in [7, 11) is 13.0. The average molecular weight is 413 g/mol. The van der Waals surface area contributed by atoms with Gasteiger partial charge in [-0.15, -0.1) is 0 Å². The first-order valence-electron chi connectivity index (χ1n) is 10.7. The molecule has 0 N–H and O–H groups in total. The van der Waals surface area contributed by atoms with Gasteiger partial charge in [0, 0.05) is 24.0 Å². The van der Waals surface area contributed by atoms with Crippen LogP contribution in [-0.2, 0) is 0 Å². The van der Waals surface area contributed by atoms with Crippen LogP contribution in [0.2, 0.25) is 0 Å². The van der Waals surface area contributed by atoms with Crippen LogP contribution in [0.25, 0.3) is 11.1 Å². The highest BCUT2D eigenvalue weighted by Crippen LogP contribution is 2.39. The van der Waals surface area contributed by atoms with Crippen molar-refractivity contribution in [2.75, 3.05) is 68.6 Å². The summed E-state index contributed by atoms with van der Waals surface area (Å²) in [6, 6.07) is 11.7. The Morgan fingerprint density at radius 3 is 1.40 bits per heavy atom. The Morgan fingerprint density at radius 1 is 0.633 bits per heavy atom. The Hall–Kier alpha value is -2.37. The van der Waals surface area contributed by atoms with E-state index in [0.717, 1.165) is 68.7 Å². The maximum atomic E-state index is 13.0. The molecule has 0 unspecified atom stereocenters. The van der Waals surface area contributed by atoms with Crippen molar-refractivity contribution in [2.45, 2.75) is 12.8 Å². The molecule has 162 valence electrons. The van der Waals surface area contributed by atoms with Gasteiger partial charge in [-0.05, 0) is 47.5 Å². The Kier molecular flexibility index (Phi) is 6.53. The molecule has 0 bridgehead atoms. The van der Waals surface area contributed by atoms with E-state index in [0.29, 0.717) is 13.2 Å². The molecular formula is C25H36N2O3+2. The fourth-order valence-corrected chi connectivity index (χ4v) is 3.67. The van der Waals surface area contributed by atoms with Gasteiger partial charge < -0.3 is 18.4 Å². The fraction of sp³-hybridized carbons (Fsp3) is 0.480. The van der Waals surface area contributed by atoms with E-state index in [4.69, 9.17) is 9.47 Å². The fourth-order valence-electron chi connectivity index (χ4n) is 3.67. The lowest BCUT2D eigenvalue weighted by atomic mass is 10.1. The van der Waals surface area contributed by atoms with E-state index in [-0.39, 0.29) is 5.78 Å². The molecule has 3 rings (SSSR count). The maximum absolute atomic E-state index is 13.0. The number of quaternary nitrogens is 2. The first-order chi connectivity index (χ1) is 14.0. The molecule has 0 fully saturated rings.